The van der Waals surface area contributed by atoms with E-state index in [4.69, 9.17) is 4.74 Å². The maximum Gasteiger partial charge on any atom is 0.0721 e. The Balaban J connectivity index is 1.72. The van der Waals surface area contributed by atoms with Crippen LogP contribution in [0.2, 0.25) is 0 Å². The van der Waals surface area contributed by atoms with Crippen molar-refractivity contribution in [2.45, 2.75) is 6.61 Å². The van der Waals surface area contributed by atoms with Crippen LogP contribution in [0.5, 0.6) is 0 Å². The van der Waals surface area contributed by atoms with Gasteiger partial charge in [0.1, 0.15) is 0 Å². The molecular formula is C16H16O. The van der Waals surface area contributed by atoms with E-state index < -0.39 is 0 Å². The molecule has 0 saturated carbocycles. The van der Waals surface area contributed by atoms with Gasteiger partial charge in [-0.3, -0.25) is 0 Å². The minimum Gasteiger partial charge on any atom is -0.373 e. The number of benzene rings is 2. The number of hydrogen-bond acceptors (Lipinski definition) is 1. The standard InChI is InChI=1S/C16H16O/c1-3-8-15(9-4-1)12-7-13-17-14-16-10-5-2-6-11-16/h1-12H,13-14H2/b12-7+. The summed E-state index contributed by atoms with van der Waals surface area (Å²) in [6.45, 7) is 1.31. The van der Waals surface area contributed by atoms with E-state index in [9.17, 15) is 0 Å². The molecule has 0 unspecified atom stereocenters. The second-order valence-electron chi connectivity index (χ2n) is 3.81. The Morgan fingerprint density at radius 2 is 1.47 bits per heavy atom. The van der Waals surface area contributed by atoms with E-state index in [1.54, 1.807) is 0 Å². The number of ether oxygens (including phenoxy) is 1. The van der Waals surface area contributed by atoms with E-state index in [0.29, 0.717) is 13.2 Å². The molecule has 86 valence electrons. The van der Waals surface area contributed by atoms with Gasteiger partial charge in [0.2, 0.25) is 0 Å². The Morgan fingerprint density at radius 1 is 0.824 bits per heavy atom. The first-order valence-corrected chi connectivity index (χ1v) is 5.78. The lowest BCUT2D eigenvalue weighted by Gasteiger charge is -2.00. The first-order chi connectivity index (χ1) is 8.45. The zero-order chi connectivity index (χ0) is 11.8. The highest BCUT2D eigenvalue weighted by Gasteiger charge is 1.89. The summed E-state index contributed by atoms with van der Waals surface area (Å²) < 4.78 is 5.55. The van der Waals surface area contributed by atoms with Crippen molar-refractivity contribution in [2.24, 2.45) is 0 Å². The van der Waals surface area contributed by atoms with Gasteiger partial charge in [-0.15, -0.1) is 0 Å². The quantitative estimate of drug-likeness (QED) is 0.699. The van der Waals surface area contributed by atoms with Crippen LogP contribution in [-0.4, -0.2) is 6.61 Å². The second-order valence-corrected chi connectivity index (χ2v) is 3.81. The Hall–Kier alpha value is -1.86. The Kier molecular flexibility index (Phi) is 4.56. The fraction of sp³-hybridized carbons (Fsp3) is 0.125. The third-order valence-corrected chi connectivity index (χ3v) is 2.44. The van der Waals surface area contributed by atoms with Crippen molar-refractivity contribution < 1.29 is 4.74 Å². The van der Waals surface area contributed by atoms with Crippen molar-refractivity contribution in [3.8, 4) is 0 Å². The zero-order valence-electron chi connectivity index (χ0n) is 9.75. The summed E-state index contributed by atoms with van der Waals surface area (Å²) in [4.78, 5) is 0. The van der Waals surface area contributed by atoms with E-state index >= 15 is 0 Å². The van der Waals surface area contributed by atoms with E-state index in [1.165, 1.54) is 11.1 Å². The van der Waals surface area contributed by atoms with Crippen molar-refractivity contribution in [3.63, 3.8) is 0 Å². The molecule has 1 heteroatoms. The molecule has 0 fully saturated rings. The molecular weight excluding hydrogens is 208 g/mol. The summed E-state index contributed by atoms with van der Waals surface area (Å²) in [5.74, 6) is 0. The van der Waals surface area contributed by atoms with Gasteiger partial charge in [-0.1, -0.05) is 72.8 Å². The largest absolute Gasteiger partial charge is 0.373 e. The van der Waals surface area contributed by atoms with Crippen molar-refractivity contribution in [2.75, 3.05) is 6.61 Å². The summed E-state index contributed by atoms with van der Waals surface area (Å²) >= 11 is 0. The van der Waals surface area contributed by atoms with E-state index in [0.717, 1.165) is 0 Å². The van der Waals surface area contributed by atoms with Crippen LogP contribution in [0.4, 0.5) is 0 Å². The molecule has 17 heavy (non-hydrogen) atoms. The Labute approximate surface area is 102 Å². The van der Waals surface area contributed by atoms with Gasteiger partial charge in [0, 0.05) is 0 Å². The first-order valence-electron chi connectivity index (χ1n) is 5.78. The summed E-state index contributed by atoms with van der Waals surface area (Å²) in [5.41, 5.74) is 2.41. The molecule has 1 nitrogen and oxygen atoms in total. The van der Waals surface area contributed by atoms with Crippen LogP contribution >= 0.6 is 0 Å². The highest BCUT2D eigenvalue weighted by molar-refractivity contribution is 5.48. The van der Waals surface area contributed by atoms with Crippen LogP contribution in [-0.2, 0) is 11.3 Å². The second kappa shape index (κ2) is 6.66. The van der Waals surface area contributed by atoms with Crippen LogP contribution in [0.25, 0.3) is 6.08 Å². The van der Waals surface area contributed by atoms with Gasteiger partial charge in [-0.05, 0) is 11.1 Å². The van der Waals surface area contributed by atoms with Gasteiger partial charge in [-0.25, -0.2) is 0 Å². The molecule has 0 radical (unpaired) electrons. The third kappa shape index (κ3) is 4.25. The van der Waals surface area contributed by atoms with Gasteiger partial charge >= 0.3 is 0 Å². The first kappa shape index (κ1) is 11.6. The number of rotatable bonds is 5. The van der Waals surface area contributed by atoms with Crippen molar-refractivity contribution in [1.82, 2.24) is 0 Å². The zero-order valence-corrected chi connectivity index (χ0v) is 9.75. The van der Waals surface area contributed by atoms with Crippen LogP contribution in [0.3, 0.4) is 0 Å². The normalized spacial score (nSPS) is 10.8. The lowest BCUT2D eigenvalue weighted by Crippen LogP contribution is -1.91. The minimum atomic E-state index is 0.643. The molecule has 0 bridgehead atoms. The van der Waals surface area contributed by atoms with Crippen molar-refractivity contribution in [3.05, 3.63) is 77.9 Å². The van der Waals surface area contributed by atoms with Gasteiger partial charge < -0.3 is 4.74 Å². The maximum absolute atomic E-state index is 5.55. The number of hydrogen-bond donors (Lipinski definition) is 0. The lowest BCUT2D eigenvalue weighted by atomic mass is 10.2. The molecule has 0 spiro atoms. The average molecular weight is 224 g/mol. The van der Waals surface area contributed by atoms with Crippen molar-refractivity contribution in [1.29, 1.82) is 0 Å². The lowest BCUT2D eigenvalue weighted by molar-refractivity contribution is 0.149. The highest BCUT2D eigenvalue weighted by Crippen LogP contribution is 2.02. The smallest absolute Gasteiger partial charge is 0.0721 e. The highest BCUT2D eigenvalue weighted by atomic mass is 16.5. The van der Waals surface area contributed by atoms with Gasteiger partial charge in [-0.2, -0.15) is 0 Å². The minimum absolute atomic E-state index is 0.643. The SMILES string of the molecule is C(=C\c1ccccc1)/COCc1ccccc1. The Bertz CT molecular complexity index is 445. The predicted octanol–water partition coefficient (Wildman–Crippen LogP) is 3.92. The monoisotopic (exact) mass is 224 g/mol. The summed E-state index contributed by atoms with van der Waals surface area (Å²) in [7, 11) is 0. The molecule has 0 saturated heterocycles. The molecule has 0 aliphatic heterocycles. The molecule has 0 heterocycles. The molecule has 0 aliphatic carbocycles. The summed E-state index contributed by atoms with van der Waals surface area (Å²) in [6, 6.07) is 20.4. The molecule has 2 aromatic carbocycles. The van der Waals surface area contributed by atoms with E-state index in [1.807, 2.05) is 42.5 Å². The summed E-state index contributed by atoms with van der Waals surface area (Å²) in [5, 5.41) is 0. The molecule has 0 N–H and O–H groups in total. The molecule has 2 aromatic rings. The van der Waals surface area contributed by atoms with Crippen molar-refractivity contribution >= 4 is 6.08 Å². The molecule has 0 atom stereocenters. The molecule has 2 rings (SSSR count). The summed E-state index contributed by atoms with van der Waals surface area (Å²) in [6.07, 6.45) is 4.11. The van der Waals surface area contributed by atoms with Gasteiger partial charge in [0.05, 0.1) is 13.2 Å². The molecule has 0 aliphatic rings. The van der Waals surface area contributed by atoms with Crippen LogP contribution in [0.1, 0.15) is 11.1 Å². The van der Waals surface area contributed by atoms with E-state index in [-0.39, 0.29) is 0 Å². The average Bonchev–Trinajstić information content (AvgIpc) is 2.41. The molecule has 0 aromatic heterocycles. The third-order valence-electron chi connectivity index (χ3n) is 2.44. The molecule has 0 amide bonds. The van der Waals surface area contributed by atoms with Crippen LogP contribution < -0.4 is 0 Å². The van der Waals surface area contributed by atoms with Crippen LogP contribution in [0, 0.1) is 0 Å². The van der Waals surface area contributed by atoms with E-state index in [2.05, 4.69) is 30.3 Å². The predicted molar refractivity (Wildman–Crippen MR) is 71.6 cm³/mol. The maximum atomic E-state index is 5.55. The van der Waals surface area contributed by atoms with Crippen LogP contribution in [0.15, 0.2) is 66.7 Å². The van der Waals surface area contributed by atoms with Gasteiger partial charge in [0.25, 0.3) is 0 Å². The topological polar surface area (TPSA) is 9.23 Å². The Morgan fingerprint density at radius 3 is 2.18 bits per heavy atom. The fourth-order valence-electron chi connectivity index (χ4n) is 1.57. The fourth-order valence-corrected chi connectivity index (χ4v) is 1.57. The van der Waals surface area contributed by atoms with Gasteiger partial charge in [0.15, 0.2) is 0 Å².